The van der Waals surface area contributed by atoms with E-state index in [1.54, 1.807) is 62.4 Å². The summed E-state index contributed by atoms with van der Waals surface area (Å²) in [5.74, 6) is -0.275. The van der Waals surface area contributed by atoms with E-state index in [0.717, 1.165) is 0 Å². The van der Waals surface area contributed by atoms with E-state index in [1.807, 2.05) is 6.92 Å². The monoisotopic (exact) mass is 499 g/mol. The van der Waals surface area contributed by atoms with Gasteiger partial charge in [0.25, 0.3) is 0 Å². The van der Waals surface area contributed by atoms with E-state index >= 15 is 0 Å². The molecule has 3 N–H and O–H groups in total. The predicted molar refractivity (Wildman–Crippen MR) is 140 cm³/mol. The zero-order valence-electron chi connectivity index (χ0n) is 21.5. The molecule has 1 rings (SSSR count). The van der Waals surface area contributed by atoms with Crippen molar-refractivity contribution in [3.63, 3.8) is 0 Å². The fraction of sp³-hybridized carbons (Fsp3) is 0.407. The lowest BCUT2D eigenvalue weighted by atomic mass is 10.1. The molecular weight excluding hydrogens is 462 g/mol. The van der Waals surface area contributed by atoms with Crippen LogP contribution in [0.4, 0.5) is 0 Å². The SMILES string of the molecule is C=CCOC(COc1cccc(C(C)=O)c1)OCC(=O)NC/C=C/C(=C/C)C(N)=NC(=O)C(C)CC. The Morgan fingerprint density at radius 2 is 2.00 bits per heavy atom. The van der Waals surface area contributed by atoms with E-state index in [4.69, 9.17) is 19.9 Å². The first-order valence-electron chi connectivity index (χ1n) is 11.8. The van der Waals surface area contributed by atoms with Crippen molar-refractivity contribution in [3.8, 4) is 5.75 Å². The summed E-state index contributed by atoms with van der Waals surface area (Å²) in [5, 5.41) is 2.69. The minimum atomic E-state index is -0.820. The second-order valence-electron chi connectivity index (χ2n) is 7.85. The van der Waals surface area contributed by atoms with E-state index in [-0.39, 0.29) is 55.7 Å². The molecule has 0 aliphatic heterocycles. The van der Waals surface area contributed by atoms with Gasteiger partial charge in [0.2, 0.25) is 11.8 Å². The summed E-state index contributed by atoms with van der Waals surface area (Å²) in [4.78, 5) is 39.6. The van der Waals surface area contributed by atoms with Gasteiger partial charge in [0, 0.05) is 23.6 Å². The number of carbonyl (C=O) groups excluding carboxylic acids is 3. The van der Waals surface area contributed by atoms with Gasteiger partial charge >= 0.3 is 0 Å². The molecule has 0 fully saturated rings. The highest BCUT2D eigenvalue weighted by Gasteiger charge is 2.14. The topological polar surface area (TPSA) is 129 Å². The van der Waals surface area contributed by atoms with E-state index < -0.39 is 6.29 Å². The number of hydrogen-bond acceptors (Lipinski definition) is 6. The fourth-order valence-electron chi connectivity index (χ4n) is 2.66. The highest BCUT2D eigenvalue weighted by molar-refractivity contribution is 6.05. The van der Waals surface area contributed by atoms with Gasteiger partial charge in [0.1, 0.15) is 24.8 Å². The Morgan fingerprint density at radius 3 is 2.64 bits per heavy atom. The van der Waals surface area contributed by atoms with Gasteiger partial charge in [-0.15, -0.1) is 6.58 Å². The summed E-state index contributed by atoms with van der Waals surface area (Å²) >= 11 is 0. The molecule has 2 atom stereocenters. The highest BCUT2D eigenvalue weighted by Crippen LogP contribution is 2.14. The van der Waals surface area contributed by atoms with Crippen molar-refractivity contribution in [1.29, 1.82) is 0 Å². The van der Waals surface area contributed by atoms with Crippen LogP contribution in [0.2, 0.25) is 0 Å². The lowest BCUT2D eigenvalue weighted by molar-refractivity contribution is -0.162. The number of carbonyl (C=O) groups is 3. The molecule has 1 aromatic rings. The molecule has 0 spiro atoms. The van der Waals surface area contributed by atoms with Crippen molar-refractivity contribution in [2.45, 2.75) is 40.4 Å². The van der Waals surface area contributed by atoms with Crippen molar-refractivity contribution < 1.29 is 28.6 Å². The quantitative estimate of drug-likeness (QED) is 0.0891. The number of allylic oxidation sites excluding steroid dienone is 1. The number of rotatable bonds is 16. The second-order valence-corrected chi connectivity index (χ2v) is 7.85. The largest absolute Gasteiger partial charge is 0.488 e. The number of amides is 2. The Morgan fingerprint density at radius 1 is 1.25 bits per heavy atom. The Hall–Kier alpha value is -3.56. The van der Waals surface area contributed by atoms with Crippen LogP contribution in [0.3, 0.4) is 0 Å². The van der Waals surface area contributed by atoms with Crippen molar-refractivity contribution in [2.75, 3.05) is 26.4 Å². The first-order chi connectivity index (χ1) is 17.2. The summed E-state index contributed by atoms with van der Waals surface area (Å²) in [6.07, 6.45) is 6.53. The minimum absolute atomic E-state index is 0.0149. The molecule has 2 amide bonds. The Balaban J connectivity index is 2.55. The van der Waals surface area contributed by atoms with Gasteiger partial charge in [-0.2, -0.15) is 4.99 Å². The number of nitrogens with one attached hydrogen (secondary N) is 1. The lowest BCUT2D eigenvalue weighted by Crippen LogP contribution is -2.33. The molecular formula is C27H37N3O6. The molecule has 2 unspecified atom stereocenters. The van der Waals surface area contributed by atoms with Gasteiger partial charge in [-0.05, 0) is 32.4 Å². The van der Waals surface area contributed by atoms with Crippen LogP contribution in [0.15, 0.2) is 65.7 Å². The zero-order chi connectivity index (χ0) is 26.9. The molecule has 0 aliphatic carbocycles. The molecule has 0 radical (unpaired) electrons. The maximum Gasteiger partial charge on any atom is 0.250 e. The number of benzene rings is 1. The maximum absolute atomic E-state index is 12.2. The van der Waals surface area contributed by atoms with E-state index in [0.29, 0.717) is 23.3 Å². The Kier molecular flexibility index (Phi) is 14.4. The van der Waals surface area contributed by atoms with Crippen LogP contribution in [0.5, 0.6) is 5.75 Å². The number of aliphatic imine (C=N–C) groups is 1. The summed E-state index contributed by atoms with van der Waals surface area (Å²) in [6.45, 7) is 10.8. The number of Topliss-reactive ketones (excluding diaryl/α,β-unsaturated/α-hetero) is 1. The van der Waals surface area contributed by atoms with Gasteiger partial charge in [-0.1, -0.05) is 50.3 Å². The normalized spacial score (nSPS) is 13.8. The van der Waals surface area contributed by atoms with Crippen molar-refractivity contribution >= 4 is 23.4 Å². The molecule has 1 aromatic carbocycles. The molecule has 9 nitrogen and oxygen atoms in total. The summed E-state index contributed by atoms with van der Waals surface area (Å²) in [5.41, 5.74) is 7.04. The van der Waals surface area contributed by atoms with E-state index in [1.165, 1.54) is 6.92 Å². The van der Waals surface area contributed by atoms with Crippen LogP contribution in [-0.2, 0) is 19.1 Å². The van der Waals surface area contributed by atoms with Gasteiger partial charge in [-0.3, -0.25) is 14.4 Å². The smallest absolute Gasteiger partial charge is 0.250 e. The van der Waals surface area contributed by atoms with Gasteiger partial charge in [-0.25, -0.2) is 0 Å². The number of nitrogens with two attached hydrogens (primary N) is 1. The zero-order valence-corrected chi connectivity index (χ0v) is 21.5. The molecule has 0 aromatic heterocycles. The fourth-order valence-corrected chi connectivity index (χ4v) is 2.66. The molecule has 0 heterocycles. The maximum atomic E-state index is 12.2. The molecule has 0 saturated heterocycles. The predicted octanol–water partition coefficient (Wildman–Crippen LogP) is 3.36. The third-order valence-corrected chi connectivity index (χ3v) is 5.01. The number of nitrogens with zero attached hydrogens (tertiary/aromatic N) is 1. The number of amidine groups is 1. The third-order valence-electron chi connectivity index (χ3n) is 5.01. The summed E-state index contributed by atoms with van der Waals surface area (Å²) < 4.78 is 16.7. The third kappa shape index (κ3) is 11.7. The molecule has 0 bridgehead atoms. The molecule has 36 heavy (non-hydrogen) atoms. The molecule has 9 heteroatoms. The Bertz CT molecular complexity index is 983. The van der Waals surface area contributed by atoms with Gasteiger partial charge < -0.3 is 25.3 Å². The molecule has 196 valence electrons. The van der Waals surface area contributed by atoms with Gasteiger partial charge in [0.15, 0.2) is 12.1 Å². The van der Waals surface area contributed by atoms with Gasteiger partial charge in [0.05, 0.1) is 6.61 Å². The molecule has 0 aliphatic rings. The van der Waals surface area contributed by atoms with E-state index in [2.05, 4.69) is 16.9 Å². The number of ether oxygens (including phenoxy) is 3. The average molecular weight is 500 g/mol. The first kappa shape index (κ1) is 30.5. The molecule has 0 saturated carbocycles. The average Bonchev–Trinajstić information content (AvgIpc) is 2.87. The first-order valence-corrected chi connectivity index (χ1v) is 11.8. The minimum Gasteiger partial charge on any atom is -0.488 e. The number of hydrogen-bond donors (Lipinski definition) is 2. The Labute approximate surface area is 213 Å². The van der Waals surface area contributed by atoms with E-state index in [9.17, 15) is 14.4 Å². The van der Waals surface area contributed by atoms with Crippen LogP contribution in [0.25, 0.3) is 0 Å². The van der Waals surface area contributed by atoms with Crippen molar-refractivity contribution in [1.82, 2.24) is 5.32 Å². The van der Waals surface area contributed by atoms with Crippen LogP contribution in [-0.4, -0.2) is 56.1 Å². The van der Waals surface area contributed by atoms with Crippen LogP contribution in [0.1, 0.15) is 44.5 Å². The number of ketones is 1. The van der Waals surface area contributed by atoms with Crippen LogP contribution in [0, 0.1) is 5.92 Å². The van der Waals surface area contributed by atoms with Crippen molar-refractivity contribution in [3.05, 3.63) is 66.3 Å². The second kappa shape index (κ2) is 17.0. The standard InChI is InChI=1S/C27H37N3O6/c1-6-15-34-25(18-35-23-13-9-11-22(16-23)20(5)31)36-17-24(32)29-14-10-12-21(8-3)26(28)30-27(33)19(4)7-2/h6,8-13,16,19,25H,1,7,14-15,17-18H2,2-5H3,(H,29,32)(H2,28,30,33)/b12-10+,21-8-. The van der Waals surface area contributed by atoms with Crippen LogP contribution >= 0.6 is 0 Å². The summed E-state index contributed by atoms with van der Waals surface area (Å²) in [6, 6.07) is 6.76. The lowest BCUT2D eigenvalue weighted by Gasteiger charge is -2.18. The summed E-state index contributed by atoms with van der Waals surface area (Å²) in [7, 11) is 0. The van der Waals surface area contributed by atoms with Crippen LogP contribution < -0.4 is 15.8 Å². The van der Waals surface area contributed by atoms with Crippen molar-refractivity contribution in [2.24, 2.45) is 16.6 Å². The highest BCUT2D eigenvalue weighted by atomic mass is 16.7.